The van der Waals surface area contributed by atoms with E-state index in [1.165, 1.54) is 5.56 Å². The number of anilines is 1. The van der Waals surface area contributed by atoms with Crippen LogP contribution >= 0.6 is 11.6 Å². The Morgan fingerprint density at radius 2 is 1.83 bits per heavy atom. The molecule has 2 aromatic carbocycles. The maximum Gasteiger partial charge on any atom is 0.265 e. The van der Waals surface area contributed by atoms with Gasteiger partial charge in [0.25, 0.3) is 5.91 Å². The summed E-state index contributed by atoms with van der Waals surface area (Å²) in [6, 6.07) is 13.3. The number of aryl methyl sites for hydroxylation is 1. The van der Waals surface area contributed by atoms with E-state index in [1.54, 1.807) is 19.1 Å². The Hall–Kier alpha value is -2.00. The molecule has 0 aliphatic carbocycles. The Labute approximate surface area is 149 Å². The maximum absolute atomic E-state index is 12.3. The Morgan fingerprint density at radius 1 is 1.17 bits per heavy atom. The van der Waals surface area contributed by atoms with Gasteiger partial charge in [0.05, 0.1) is 0 Å². The van der Waals surface area contributed by atoms with Crippen LogP contribution in [0.3, 0.4) is 0 Å². The number of amides is 1. The van der Waals surface area contributed by atoms with Crippen LogP contribution < -0.4 is 10.1 Å². The molecule has 0 aromatic heterocycles. The molecule has 0 saturated heterocycles. The van der Waals surface area contributed by atoms with Crippen LogP contribution in [0, 0.1) is 6.92 Å². The van der Waals surface area contributed by atoms with Crippen LogP contribution in [-0.4, -0.2) is 12.0 Å². The number of nitrogens with one attached hydrogen (secondary N) is 1. The van der Waals surface area contributed by atoms with Crippen molar-refractivity contribution in [1.82, 2.24) is 0 Å². The van der Waals surface area contributed by atoms with Crippen molar-refractivity contribution in [1.29, 1.82) is 0 Å². The number of hydrogen-bond acceptors (Lipinski definition) is 2. The molecule has 0 unspecified atom stereocenters. The fourth-order valence-electron chi connectivity index (χ4n) is 2.36. The number of halogens is 1. The number of hydrogen-bond donors (Lipinski definition) is 1. The standard InChI is InChI=1S/C20H24ClNO2/c1-5-13(2)16-6-9-18(10-7-16)22-20(23)15(4)24-19-11-8-17(21)12-14(19)3/h6-13,15H,5H2,1-4H3,(H,22,23)/t13-,15-/m0/s1. The molecule has 0 radical (unpaired) electrons. The van der Waals surface area contributed by atoms with E-state index in [0.717, 1.165) is 17.7 Å². The first-order chi connectivity index (χ1) is 11.4. The van der Waals surface area contributed by atoms with Crippen LogP contribution in [0.2, 0.25) is 5.02 Å². The van der Waals surface area contributed by atoms with Crippen molar-refractivity contribution in [2.24, 2.45) is 0 Å². The van der Waals surface area contributed by atoms with Crippen LogP contribution in [0.1, 0.15) is 44.2 Å². The second-order valence-electron chi connectivity index (χ2n) is 6.09. The van der Waals surface area contributed by atoms with Gasteiger partial charge in [0.1, 0.15) is 5.75 Å². The van der Waals surface area contributed by atoms with Crippen LogP contribution in [0.4, 0.5) is 5.69 Å². The summed E-state index contributed by atoms with van der Waals surface area (Å²) in [4.78, 5) is 12.3. The second-order valence-corrected chi connectivity index (χ2v) is 6.53. The SMILES string of the molecule is CC[C@H](C)c1ccc(NC(=O)[C@H](C)Oc2ccc(Cl)cc2C)cc1. The number of carbonyl (C=O) groups is 1. The van der Waals surface area contributed by atoms with E-state index in [9.17, 15) is 4.79 Å². The first-order valence-electron chi connectivity index (χ1n) is 8.24. The van der Waals surface area contributed by atoms with Gasteiger partial charge in [-0.3, -0.25) is 4.79 Å². The molecule has 0 spiro atoms. The average Bonchev–Trinajstić information content (AvgIpc) is 2.57. The van der Waals surface area contributed by atoms with E-state index < -0.39 is 6.10 Å². The van der Waals surface area contributed by atoms with E-state index in [1.807, 2.05) is 25.1 Å². The number of benzene rings is 2. The summed E-state index contributed by atoms with van der Waals surface area (Å²) in [6.45, 7) is 7.99. The Bertz CT molecular complexity index is 697. The molecule has 0 aliphatic heterocycles. The quantitative estimate of drug-likeness (QED) is 0.743. The summed E-state index contributed by atoms with van der Waals surface area (Å²) in [6.07, 6.45) is 0.496. The van der Waals surface area contributed by atoms with Gasteiger partial charge in [0, 0.05) is 10.7 Å². The van der Waals surface area contributed by atoms with Gasteiger partial charge in [-0.2, -0.15) is 0 Å². The summed E-state index contributed by atoms with van der Waals surface area (Å²) in [5, 5.41) is 3.54. The minimum atomic E-state index is -0.598. The number of rotatable bonds is 6. The fourth-order valence-corrected chi connectivity index (χ4v) is 2.59. The Morgan fingerprint density at radius 3 is 2.42 bits per heavy atom. The molecule has 1 N–H and O–H groups in total. The third-order valence-corrected chi connectivity index (χ3v) is 4.40. The molecule has 0 fully saturated rings. The van der Waals surface area contributed by atoms with E-state index >= 15 is 0 Å². The molecule has 2 rings (SSSR count). The summed E-state index contributed by atoms with van der Waals surface area (Å²) in [5.41, 5.74) is 2.95. The normalized spacial score (nSPS) is 13.2. The number of ether oxygens (including phenoxy) is 1. The van der Waals surface area contributed by atoms with Gasteiger partial charge in [0.15, 0.2) is 6.10 Å². The molecule has 2 atom stereocenters. The summed E-state index contributed by atoms with van der Waals surface area (Å²) in [7, 11) is 0. The maximum atomic E-state index is 12.3. The Balaban J connectivity index is 1.98. The van der Waals surface area contributed by atoms with Gasteiger partial charge in [-0.05, 0) is 67.6 Å². The fraction of sp³-hybridized carbons (Fsp3) is 0.350. The van der Waals surface area contributed by atoms with Gasteiger partial charge < -0.3 is 10.1 Å². The monoisotopic (exact) mass is 345 g/mol. The predicted octanol–water partition coefficient (Wildman–Crippen LogP) is 5.57. The van der Waals surface area contributed by atoms with E-state index in [0.29, 0.717) is 16.7 Å². The van der Waals surface area contributed by atoms with Crippen molar-refractivity contribution in [2.75, 3.05) is 5.32 Å². The molecule has 1 amide bonds. The molecule has 0 saturated carbocycles. The lowest BCUT2D eigenvalue weighted by atomic mass is 9.99. The van der Waals surface area contributed by atoms with Gasteiger partial charge >= 0.3 is 0 Å². The highest BCUT2D eigenvalue weighted by atomic mass is 35.5. The molecular weight excluding hydrogens is 322 g/mol. The number of carbonyl (C=O) groups excluding carboxylic acids is 1. The van der Waals surface area contributed by atoms with Crippen molar-refractivity contribution in [3.63, 3.8) is 0 Å². The van der Waals surface area contributed by atoms with Crippen molar-refractivity contribution in [2.45, 2.75) is 46.1 Å². The van der Waals surface area contributed by atoms with Crippen molar-refractivity contribution in [3.8, 4) is 5.75 Å². The van der Waals surface area contributed by atoms with Crippen LogP contribution in [0.25, 0.3) is 0 Å². The van der Waals surface area contributed by atoms with Crippen LogP contribution in [0.5, 0.6) is 5.75 Å². The van der Waals surface area contributed by atoms with Crippen LogP contribution in [-0.2, 0) is 4.79 Å². The first-order valence-corrected chi connectivity index (χ1v) is 8.62. The predicted molar refractivity (Wildman–Crippen MR) is 100 cm³/mol. The highest BCUT2D eigenvalue weighted by Crippen LogP contribution is 2.24. The molecule has 0 aliphatic rings. The molecule has 2 aromatic rings. The largest absolute Gasteiger partial charge is 0.481 e. The molecule has 128 valence electrons. The highest BCUT2D eigenvalue weighted by Gasteiger charge is 2.16. The lowest BCUT2D eigenvalue weighted by molar-refractivity contribution is -0.122. The lowest BCUT2D eigenvalue weighted by Gasteiger charge is -2.17. The van der Waals surface area contributed by atoms with Gasteiger partial charge in [-0.25, -0.2) is 0 Å². The first kappa shape index (κ1) is 18.3. The van der Waals surface area contributed by atoms with Crippen molar-refractivity contribution < 1.29 is 9.53 Å². The van der Waals surface area contributed by atoms with Crippen molar-refractivity contribution in [3.05, 3.63) is 58.6 Å². The zero-order chi connectivity index (χ0) is 17.7. The third-order valence-electron chi connectivity index (χ3n) is 4.17. The summed E-state index contributed by atoms with van der Waals surface area (Å²) in [5.74, 6) is 1.000. The van der Waals surface area contributed by atoms with Crippen molar-refractivity contribution >= 4 is 23.2 Å². The van der Waals surface area contributed by atoms with E-state index in [4.69, 9.17) is 16.3 Å². The zero-order valence-electron chi connectivity index (χ0n) is 14.6. The van der Waals surface area contributed by atoms with E-state index in [2.05, 4.69) is 31.3 Å². The smallest absolute Gasteiger partial charge is 0.265 e. The minimum Gasteiger partial charge on any atom is -0.481 e. The highest BCUT2D eigenvalue weighted by molar-refractivity contribution is 6.30. The Kier molecular flexibility index (Phi) is 6.27. The molecule has 4 heteroatoms. The second kappa shape index (κ2) is 8.20. The zero-order valence-corrected chi connectivity index (χ0v) is 15.4. The third kappa shape index (κ3) is 4.75. The summed E-state index contributed by atoms with van der Waals surface area (Å²) >= 11 is 5.93. The average molecular weight is 346 g/mol. The van der Waals surface area contributed by atoms with Gasteiger partial charge in [-0.15, -0.1) is 0 Å². The summed E-state index contributed by atoms with van der Waals surface area (Å²) < 4.78 is 5.74. The topological polar surface area (TPSA) is 38.3 Å². The lowest BCUT2D eigenvalue weighted by Crippen LogP contribution is -2.30. The molecule has 0 heterocycles. The molecule has 3 nitrogen and oxygen atoms in total. The van der Waals surface area contributed by atoms with Crippen LogP contribution in [0.15, 0.2) is 42.5 Å². The molecule has 24 heavy (non-hydrogen) atoms. The molecule has 0 bridgehead atoms. The molecular formula is C20H24ClNO2. The van der Waals surface area contributed by atoms with Gasteiger partial charge in [0.2, 0.25) is 0 Å². The minimum absolute atomic E-state index is 0.180. The van der Waals surface area contributed by atoms with E-state index in [-0.39, 0.29) is 5.91 Å². The van der Waals surface area contributed by atoms with Gasteiger partial charge in [-0.1, -0.05) is 37.6 Å².